The minimum absolute atomic E-state index is 0.258. The molecule has 0 amide bonds. The number of halogens is 1. The SMILES string of the molecule is Cc1cc(F)cc(C(N)c2ccoc2C)c1. The number of furan rings is 1. The zero-order valence-electron chi connectivity index (χ0n) is 9.33. The molecule has 84 valence electrons. The molecule has 1 heterocycles. The van der Waals surface area contributed by atoms with Crippen LogP contribution in [0.2, 0.25) is 0 Å². The summed E-state index contributed by atoms with van der Waals surface area (Å²) in [5.41, 5.74) is 8.60. The van der Waals surface area contributed by atoms with Gasteiger partial charge in [0, 0.05) is 5.56 Å². The van der Waals surface area contributed by atoms with Gasteiger partial charge in [0.2, 0.25) is 0 Å². The van der Waals surface area contributed by atoms with E-state index in [9.17, 15) is 4.39 Å². The van der Waals surface area contributed by atoms with Gasteiger partial charge < -0.3 is 10.2 Å². The van der Waals surface area contributed by atoms with Crippen LogP contribution in [0, 0.1) is 19.7 Å². The minimum atomic E-state index is -0.340. The Balaban J connectivity index is 2.41. The Hall–Kier alpha value is -1.61. The summed E-state index contributed by atoms with van der Waals surface area (Å²) in [5, 5.41) is 0. The van der Waals surface area contributed by atoms with Crippen molar-refractivity contribution in [3.8, 4) is 0 Å². The van der Waals surface area contributed by atoms with E-state index < -0.39 is 0 Å². The molecule has 0 bridgehead atoms. The first-order valence-corrected chi connectivity index (χ1v) is 5.14. The molecule has 2 rings (SSSR count). The van der Waals surface area contributed by atoms with Crippen LogP contribution in [-0.2, 0) is 0 Å². The molecule has 2 aromatic rings. The summed E-state index contributed by atoms with van der Waals surface area (Å²) in [4.78, 5) is 0. The second-order valence-corrected chi connectivity index (χ2v) is 3.97. The monoisotopic (exact) mass is 219 g/mol. The first kappa shape index (κ1) is 10.9. The summed E-state index contributed by atoms with van der Waals surface area (Å²) >= 11 is 0. The molecule has 1 aromatic carbocycles. The highest BCUT2D eigenvalue weighted by Gasteiger charge is 2.14. The molecule has 2 nitrogen and oxygen atoms in total. The van der Waals surface area contributed by atoms with Crippen LogP contribution in [0.5, 0.6) is 0 Å². The van der Waals surface area contributed by atoms with Crippen molar-refractivity contribution in [2.75, 3.05) is 0 Å². The highest BCUT2D eigenvalue weighted by molar-refractivity contribution is 5.34. The first-order chi connectivity index (χ1) is 7.58. The van der Waals surface area contributed by atoms with E-state index in [2.05, 4.69) is 0 Å². The van der Waals surface area contributed by atoms with Crippen molar-refractivity contribution in [2.45, 2.75) is 19.9 Å². The van der Waals surface area contributed by atoms with Gasteiger partial charge in [-0.2, -0.15) is 0 Å². The molecule has 0 aliphatic rings. The topological polar surface area (TPSA) is 39.2 Å². The van der Waals surface area contributed by atoms with E-state index in [4.69, 9.17) is 10.2 Å². The van der Waals surface area contributed by atoms with Crippen LogP contribution in [0.3, 0.4) is 0 Å². The molecule has 0 saturated carbocycles. The molecule has 1 aromatic heterocycles. The lowest BCUT2D eigenvalue weighted by Gasteiger charge is -2.12. The number of benzene rings is 1. The van der Waals surface area contributed by atoms with Gasteiger partial charge in [-0.15, -0.1) is 0 Å². The van der Waals surface area contributed by atoms with E-state index >= 15 is 0 Å². The van der Waals surface area contributed by atoms with Crippen molar-refractivity contribution in [1.29, 1.82) is 0 Å². The van der Waals surface area contributed by atoms with Crippen LogP contribution in [0.15, 0.2) is 34.9 Å². The zero-order chi connectivity index (χ0) is 11.7. The standard InChI is InChI=1S/C13H14FNO/c1-8-5-10(7-11(14)6-8)13(15)12-3-4-16-9(12)2/h3-7,13H,15H2,1-2H3. The van der Waals surface area contributed by atoms with Crippen LogP contribution in [0.4, 0.5) is 4.39 Å². The zero-order valence-corrected chi connectivity index (χ0v) is 9.33. The normalized spacial score (nSPS) is 12.8. The molecule has 0 aliphatic heterocycles. The first-order valence-electron chi connectivity index (χ1n) is 5.14. The molecule has 0 fully saturated rings. The Labute approximate surface area is 93.9 Å². The number of rotatable bonds is 2. The van der Waals surface area contributed by atoms with Crippen molar-refractivity contribution >= 4 is 0 Å². The van der Waals surface area contributed by atoms with Crippen molar-refractivity contribution in [2.24, 2.45) is 5.73 Å². The third-order valence-corrected chi connectivity index (χ3v) is 2.66. The molecule has 3 heteroatoms. The Morgan fingerprint density at radius 3 is 2.56 bits per heavy atom. The lowest BCUT2D eigenvalue weighted by atomic mass is 9.98. The number of hydrogen-bond donors (Lipinski definition) is 1. The lowest BCUT2D eigenvalue weighted by Crippen LogP contribution is -2.12. The van der Waals surface area contributed by atoms with Gasteiger partial charge in [-0.3, -0.25) is 0 Å². The van der Waals surface area contributed by atoms with Gasteiger partial charge in [-0.25, -0.2) is 4.39 Å². The molecular weight excluding hydrogens is 205 g/mol. The summed E-state index contributed by atoms with van der Waals surface area (Å²) in [6, 6.07) is 6.32. The lowest BCUT2D eigenvalue weighted by molar-refractivity contribution is 0.527. The van der Waals surface area contributed by atoms with Gasteiger partial charge in [0.1, 0.15) is 11.6 Å². The van der Waals surface area contributed by atoms with E-state index in [0.717, 1.165) is 22.5 Å². The minimum Gasteiger partial charge on any atom is -0.469 e. The summed E-state index contributed by atoms with van der Waals surface area (Å²) in [6.45, 7) is 3.70. The molecule has 0 spiro atoms. The number of hydrogen-bond acceptors (Lipinski definition) is 2. The van der Waals surface area contributed by atoms with E-state index in [1.54, 1.807) is 6.26 Å². The average molecular weight is 219 g/mol. The van der Waals surface area contributed by atoms with Gasteiger partial charge in [0.25, 0.3) is 0 Å². The maximum Gasteiger partial charge on any atom is 0.123 e. The van der Waals surface area contributed by atoms with Crippen molar-refractivity contribution < 1.29 is 8.81 Å². The summed E-state index contributed by atoms with van der Waals surface area (Å²) in [7, 11) is 0. The highest BCUT2D eigenvalue weighted by atomic mass is 19.1. The van der Waals surface area contributed by atoms with Gasteiger partial charge in [0.05, 0.1) is 12.3 Å². The maximum atomic E-state index is 13.3. The number of nitrogens with two attached hydrogens (primary N) is 1. The molecule has 1 atom stereocenters. The second-order valence-electron chi connectivity index (χ2n) is 3.97. The van der Waals surface area contributed by atoms with Crippen molar-refractivity contribution in [1.82, 2.24) is 0 Å². The molecular formula is C13H14FNO. The molecule has 2 N–H and O–H groups in total. The largest absolute Gasteiger partial charge is 0.469 e. The Bertz CT molecular complexity index is 484. The fourth-order valence-electron chi connectivity index (χ4n) is 1.84. The van der Waals surface area contributed by atoms with Crippen molar-refractivity contribution in [3.05, 3.63) is 58.8 Å². The maximum absolute atomic E-state index is 13.3. The van der Waals surface area contributed by atoms with Gasteiger partial charge >= 0.3 is 0 Å². The predicted octanol–water partition coefficient (Wildman–Crippen LogP) is 3.08. The van der Waals surface area contributed by atoms with Crippen LogP contribution in [-0.4, -0.2) is 0 Å². The Kier molecular flexibility index (Phi) is 2.79. The van der Waals surface area contributed by atoms with Crippen LogP contribution in [0.25, 0.3) is 0 Å². The second kappa shape index (κ2) is 4.10. The molecule has 1 unspecified atom stereocenters. The third-order valence-electron chi connectivity index (χ3n) is 2.66. The molecule has 0 radical (unpaired) electrons. The van der Waals surface area contributed by atoms with Crippen molar-refractivity contribution in [3.63, 3.8) is 0 Å². The highest BCUT2D eigenvalue weighted by Crippen LogP contribution is 2.24. The quantitative estimate of drug-likeness (QED) is 0.843. The predicted molar refractivity (Wildman–Crippen MR) is 60.6 cm³/mol. The van der Waals surface area contributed by atoms with Crippen LogP contribution in [0.1, 0.15) is 28.5 Å². The third kappa shape index (κ3) is 1.99. The molecule has 0 saturated heterocycles. The molecule has 0 aliphatic carbocycles. The van der Waals surface area contributed by atoms with E-state index in [-0.39, 0.29) is 11.9 Å². The van der Waals surface area contributed by atoms with Gasteiger partial charge in [-0.1, -0.05) is 6.07 Å². The molecule has 16 heavy (non-hydrogen) atoms. The smallest absolute Gasteiger partial charge is 0.123 e. The van der Waals surface area contributed by atoms with E-state index in [0.29, 0.717) is 0 Å². The van der Waals surface area contributed by atoms with Crippen LogP contribution < -0.4 is 5.73 Å². The van der Waals surface area contributed by atoms with E-state index in [1.807, 2.05) is 26.0 Å². The fourth-order valence-corrected chi connectivity index (χ4v) is 1.84. The van der Waals surface area contributed by atoms with E-state index in [1.165, 1.54) is 12.1 Å². The Morgan fingerprint density at radius 1 is 1.25 bits per heavy atom. The Morgan fingerprint density at radius 2 is 2.00 bits per heavy atom. The van der Waals surface area contributed by atoms with Gasteiger partial charge in [0.15, 0.2) is 0 Å². The summed E-state index contributed by atoms with van der Waals surface area (Å²) in [5.74, 6) is 0.515. The van der Waals surface area contributed by atoms with Gasteiger partial charge in [-0.05, 0) is 43.2 Å². The van der Waals surface area contributed by atoms with Crippen LogP contribution >= 0.6 is 0 Å². The number of aryl methyl sites for hydroxylation is 2. The summed E-state index contributed by atoms with van der Waals surface area (Å²) in [6.07, 6.45) is 1.59. The average Bonchev–Trinajstić information content (AvgIpc) is 2.62. The summed E-state index contributed by atoms with van der Waals surface area (Å²) < 4.78 is 18.4. The fraction of sp³-hybridized carbons (Fsp3) is 0.231.